The van der Waals surface area contributed by atoms with E-state index in [9.17, 15) is 9.59 Å². The van der Waals surface area contributed by atoms with Crippen molar-refractivity contribution in [2.24, 2.45) is 0 Å². The Kier molecular flexibility index (Phi) is 15.1. The van der Waals surface area contributed by atoms with Crippen LogP contribution < -0.4 is 0 Å². The first-order valence-electron chi connectivity index (χ1n) is 9.45. The molecule has 0 aliphatic carbocycles. The predicted molar refractivity (Wildman–Crippen MR) is 93.3 cm³/mol. The number of carbonyl (C=O) groups is 2. The third-order valence-electron chi connectivity index (χ3n) is 3.84. The third-order valence-corrected chi connectivity index (χ3v) is 3.84. The maximum atomic E-state index is 11.7. The fraction of sp³-hybridized carbons (Fsp3) is 0.895. The van der Waals surface area contributed by atoms with Gasteiger partial charge in [0.2, 0.25) is 0 Å². The Morgan fingerprint density at radius 1 is 0.783 bits per heavy atom. The SMILES string of the molecule is CCCCCCCC(=O)O[C@H](C)CCOC(=O)CCCCCC. The monoisotopic (exact) mass is 328 g/mol. The summed E-state index contributed by atoms with van der Waals surface area (Å²) in [5.41, 5.74) is 0. The second-order valence-electron chi connectivity index (χ2n) is 6.28. The zero-order valence-corrected chi connectivity index (χ0v) is 15.4. The molecule has 0 bridgehead atoms. The highest BCUT2D eigenvalue weighted by Gasteiger charge is 2.10. The van der Waals surface area contributed by atoms with Crippen molar-refractivity contribution in [3.63, 3.8) is 0 Å². The number of carbonyl (C=O) groups excluding carboxylic acids is 2. The minimum atomic E-state index is -0.189. The van der Waals surface area contributed by atoms with Gasteiger partial charge in [-0.3, -0.25) is 9.59 Å². The van der Waals surface area contributed by atoms with Crippen LogP contribution in [0.1, 0.15) is 97.8 Å². The van der Waals surface area contributed by atoms with Crippen molar-refractivity contribution in [1.29, 1.82) is 0 Å². The van der Waals surface area contributed by atoms with Gasteiger partial charge in [0.15, 0.2) is 0 Å². The van der Waals surface area contributed by atoms with Crippen molar-refractivity contribution in [3.8, 4) is 0 Å². The van der Waals surface area contributed by atoms with Crippen LogP contribution in [0.25, 0.3) is 0 Å². The highest BCUT2D eigenvalue weighted by atomic mass is 16.6. The largest absolute Gasteiger partial charge is 0.466 e. The summed E-state index contributed by atoms with van der Waals surface area (Å²) in [6.07, 6.45) is 11.3. The Morgan fingerprint density at radius 3 is 1.91 bits per heavy atom. The first-order chi connectivity index (χ1) is 11.1. The van der Waals surface area contributed by atoms with Gasteiger partial charge in [0.05, 0.1) is 6.61 Å². The molecule has 0 aromatic heterocycles. The van der Waals surface area contributed by atoms with Gasteiger partial charge in [-0.05, 0) is 19.8 Å². The molecule has 0 radical (unpaired) electrons. The molecule has 136 valence electrons. The maximum Gasteiger partial charge on any atom is 0.306 e. The van der Waals surface area contributed by atoms with Crippen molar-refractivity contribution >= 4 is 11.9 Å². The van der Waals surface area contributed by atoms with Gasteiger partial charge in [0.25, 0.3) is 0 Å². The third kappa shape index (κ3) is 15.6. The standard InChI is InChI=1S/C19H36O4/c1-4-6-8-10-12-14-19(21)23-17(3)15-16-22-18(20)13-11-9-7-5-2/h17H,4-16H2,1-3H3/t17-/m1/s1. The Balaban J connectivity index is 3.52. The van der Waals surface area contributed by atoms with E-state index >= 15 is 0 Å². The number of unbranched alkanes of at least 4 members (excludes halogenated alkanes) is 7. The number of ether oxygens (including phenoxy) is 2. The number of rotatable bonds is 15. The molecule has 0 amide bonds. The van der Waals surface area contributed by atoms with Crippen LogP contribution in [0.5, 0.6) is 0 Å². The highest BCUT2D eigenvalue weighted by molar-refractivity contribution is 5.69. The van der Waals surface area contributed by atoms with Gasteiger partial charge in [-0.1, -0.05) is 58.8 Å². The molecular weight excluding hydrogens is 292 g/mol. The summed E-state index contributed by atoms with van der Waals surface area (Å²) in [5.74, 6) is -0.282. The summed E-state index contributed by atoms with van der Waals surface area (Å²) >= 11 is 0. The van der Waals surface area contributed by atoms with E-state index in [0.29, 0.717) is 25.9 Å². The zero-order chi connectivity index (χ0) is 17.3. The van der Waals surface area contributed by atoms with Crippen LogP contribution in [0.4, 0.5) is 0 Å². The second-order valence-corrected chi connectivity index (χ2v) is 6.28. The molecule has 0 spiro atoms. The molecule has 0 unspecified atom stereocenters. The Bertz CT molecular complexity index is 302. The fourth-order valence-corrected chi connectivity index (χ4v) is 2.32. The first kappa shape index (κ1) is 21.9. The number of esters is 2. The van der Waals surface area contributed by atoms with Crippen molar-refractivity contribution in [2.45, 2.75) is 104 Å². The van der Waals surface area contributed by atoms with E-state index in [0.717, 1.165) is 32.1 Å². The predicted octanol–water partition coefficient (Wildman–Crippen LogP) is 5.18. The Morgan fingerprint density at radius 2 is 1.30 bits per heavy atom. The van der Waals surface area contributed by atoms with Gasteiger partial charge in [0.1, 0.15) is 6.10 Å². The average Bonchev–Trinajstić information content (AvgIpc) is 2.51. The second kappa shape index (κ2) is 15.8. The zero-order valence-electron chi connectivity index (χ0n) is 15.4. The molecule has 0 rings (SSSR count). The summed E-state index contributed by atoms with van der Waals surface area (Å²) in [7, 11) is 0. The molecule has 0 aliphatic rings. The molecule has 0 N–H and O–H groups in total. The molecule has 1 atom stereocenters. The highest BCUT2D eigenvalue weighted by Crippen LogP contribution is 2.08. The molecular formula is C19H36O4. The van der Waals surface area contributed by atoms with Crippen LogP contribution in [0.2, 0.25) is 0 Å². The van der Waals surface area contributed by atoms with Crippen molar-refractivity contribution in [2.75, 3.05) is 6.61 Å². The topological polar surface area (TPSA) is 52.6 Å². The molecule has 0 saturated carbocycles. The first-order valence-corrected chi connectivity index (χ1v) is 9.45. The minimum Gasteiger partial charge on any atom is -0.466 e. The Hall–Kier alpha value is -1.06. The average molecular weight is 328 g/mol. The summed E-state index contributed by atoms with van der Waals surface area (Å²) in [6, 6.07) is 0. The lowest BCUT2D eigenvalue weighted by Crippen LogP contribution is -2.18. The molecule has 4 nitrogen and oxygen atoms in total. The normalized spacial score (nSPS) is 12.0. The van der Waals surface area contributed by atoms with Gasteiger partial charge in [-0.15, -0.1) is 0 Å². The van der Waals surface area contributed by atoms with E-state index in [2.05, 4.69) is 13.8 Å². The summed E-state index contributed by atoms with van der Waals surface area (Å²) in [6.45, 7) is 6.50. The van der Waals surface area contributed by atoms with Crippen LogP contribution >= 0.6 is 0 Å². The smallest absolute Gasteiger partial charge is 0.306 e. The quantitative estimate of drug-likeness (QED) is 0.307. The van der Waals surface area contributed by atoms with Crippen molar-refractivity contribution in [1.82, 2.24) is 0 Å². The van der Waals surface area contributed by atoms with E-state index in [1.54, 1.807) is 0 Å². The summed E-state index contributed by atoms with van der Waals surface area (Å²) < 4.78 is 10.5. The molecule has 0 aromatic rings. The maximum absolute atomic E-state index is 11.7. The van der Waals surface area contributed by atoms with Gasteiger partial charge in [0, 0.05) is 19.3 Å². The molecule has 4 heteroatoms. The summed E-state index contributed by atoms with van der Waals surface area (Å²) in [4.78, 5) is 23.2. The molecule has 23 heavy (non-hydrogen) atoms. The van der Waals surface area contributed by atoms with Crippen molar-refractivity contribution < 1.29 is 19.1 Å². The number of hydrogen-bond donors (Lipinski definition) is 0. The van der Waals surface area contributed by atoms with E-state index in [-0.39, 0.29) is 18.0 Å². The molecule has 0 aliphatic heterocycles. The number of hydrogen-bond acceptors (Lipinski definition) is 4. The van der Waals surface area contributed by atoms with Crippen LogP contribution in [-0.4, -0.2) is 24.6 Å². The minimum absolute atomic E-state index is 0.139. The lowest BCUT2D eigenvalue weighted by molar-refractivity contribution is -0.150. The van der Waals surface area contributed by atoms with Crippen LogP contribution in [-0.2, 0) is 19.1 Å². The van der Waals surface area contributed by atoms with E-state index in [4.69, 9.17) is 9.47 Å². The van der Waals surface area contributed by atoms with Gasteiger partial charge >= 0.3 is 11.9 Å². The van der Waals surface area contributed by atoms with Crippen molar-refractivity contribution in [3.05, 3.63) is 0 Å². The molecule has 0 aromatic carbocycles. The molecule has 0 saturated heterocycles. The molecule has 0 heterocycles. The van der Waals surface area contributed by atoms with Crippen LogP contribution in [0, 0.1) is 0 Å². The fourth-order valence-electron chi connectivity index (χ4n) is 2.32. The lowest BCUT2D eigenvalue weighted by Gasteiger charge is -2.13. The van der Waals surface area contributed by atoms with Crippen LogP contribution in [0.3, 0.4) is 0 Å². The lowest BCUT2D eigenvalue weighted by atomic mass is 10.1. The summed E-state index contributed by atoms with van der Waals surface area (Å²) in [5, 5.41) is 0. The van der Waals surface area contributed by atoms with E-state index in [1.807, 2.05) is 6.92 Å². The van der Waals surface area contributed by atoms with Gasteiger partial charge in [-0.2, -0.15) is 0 Å². The van der Waals surface area contributed by atoms with Gasteiger partial charge < -0.3 is 9.47 Å². The van der Waals surface area contributed by atoms with Crippen LogP contribution in [0.15, 0.2) is 0 Å². The van der Waals surface area contributed by atoms with E-state index < -0.39 is 0 Å². The Labute approximate surface area is 142 Å². The van der Waals surface area contributed by atoms with E-state index in [1.165, 1.54) is 25.7 Å². The van der Waals surface area contributed by atoms with Gasteiger partial charge in [-0.25, -0.2) is 0 Å². The molecule has 0 fully saturated rings.